The SMILES string of the molecule is Cc1nc(S(=O)(=O)Nc2ccc(Br)cc2F)cn1C. The van der Waals surface area contributed by atoms with Crippen LogP contribution in [-0.2, 0) is 17.1 Å². The second-order valence-corrected chi connectivity index (χ2v) is 6.51. The van der Waals surface area contributed by atoms with Crippen molar-refractivity contribution in [2.75, 3.05) is 4.72 Å². The Bertz CT molecular complexity index is 708. The zero-order valence-corrected chi connectivity index (χ0v) is 12.6. The predicted molar refractivity (Wildman–Crippen MR) is 72.9 cm³/mol. The van der Waals surface area contributed by atoms with E-state index < -0.39 is 15.8 Å². The van der Waals surface area contributed by atoms with Gasteiger partial charge in [-0.15, -0.1) is 0 Å². The molecule has 0 amide bonds. The van der Waals surface area contributed by atoms with Crippen molar-refractivity contribution in [1.29, 1.82) is 0 Å². The minimum Gasteiger partial charge on any atom is -0.337 e. The van der Waals surface area contributed by atoms with Crippen molar-refractivity contribution < 1.29 is 12.8 Å². The number of nitrogens with one attached hydrogen (secondary N) is 1. The van der Waals surface area contributed by atoms with E-state index in [-0.39, 0.29) is 10.7 Å². The van der Waals surface area contributed by atoms with Gasteiger partial charge in [-0.05, 0) is 25.1 Å². The van der Waals surface area contributed by atoms with Crippen molar-refractivity contribution in [3.8, 4) is 0 Å². The Kier molecular flexibility index (Phi) is 3.64. The van der Waals surface area contributed by atoms with E-state index in [4.69, 9.17) is 0 Å². The van der Waals surface area contributed by atoms with Crippen LogP contribution in [0.25, 0.3) is 0 Å². The third-order valence-corrected chi connectivity index (χ3v) is 4.27. The summed E-state index contributed by atoms with van der Waals surface area (Å²) >= 11 is 3.10. The van der Waals surface area contributed by atoms with E-state index in [9.17, 15) is 12.8 Å². The van der Waals surface area contributed by atoms with Crippen LogP contribution in [0.2, 0.25) is 0 Å². The van der Waals surface area contributed by atoms with Crippen LogP contribution >= 0.6 is 15.9 Å². The van der Waals surface area contributed by atoms with E-state index in [1.54, 1.807) is 24.6 Å². The second-order valence-electron chi connectivity index (χ2n) is 3.97. The quantitative estimate of drug-likeness (QED) is 0.927. The maximum absolute atomic E-state index is 13.6. The molecular weight excluding hydrogens is 337 g/mol. The normalized spacial score (nSPS) is 11.6. The highest BCUT2D eigenvalue weighted by molar-refractivity contribution is 9.10. The zero-order chi connectivity index (χ0) is 14.2. The summed E-state index contributed by atoms with van der Waals surface area (Å²) in [6, 6.07) is 4.07. The molecule has 0 aliphatic carbocycles. The summed E-state index contributed by atoms with van der Waals surface area (Å²) in [6.45, 7) is 1.68. The van der Waals surface area contributed by atoms with Crippen LogP contribution in [0.5, 0.6) is 0 Å². The number of aromatic nitrogens is 2. The Morgan fingerprint density at radius 1 is 1.42 bits per heavy atom. The molecule has 0 unspecified atom stereocenters. The largest absolute Gasteiger partial charge is 0.337 e. The first-order chi connectivity index (χ1) is 8.79. The van der Waals surface area contributed by atoms with Crippen molar-refractivity contribution in [1.82, 2.24) is 9.55 Å². The standard InChI is InChI=1S/C11H11BrFN3O2S/c1-7-14-11(6-16(7)2)19(17,18)15-10-4-3-8(12)5-9(10)13/h3-6,15H,1-2H3. The molecule has 1 aromatic carbocycles. The predicted octanol–water partition coefficient (Wildman–Crippen LogP) is 2.43. The van der Waals surface area contributed by atoms with Gasteiger partial charge in [0.05, 0.1) is 5.69 Å². The minimum atomic E-state index is -3.89. The van der Waals surface area contributed by atoms with Crippen LogP contribution in [-0.4, -0.2) is 18.0 Å². The van der Waals surface area contributed by atoms with E-state index in [1.165, 1.54) is 18.3 Å². The Morgan fingerprint density at radius 3 is 2.63 bits per heavy atom. The summed E-state index contributed by atoms with van der Waals surface area (Å²) in [6.07, 6.45) is 1.37. The molecule has 0 saturated heterocycles. The molecule has 0 spiro atoms. The Balaban J connectivity index is 2.36. The first kappa shape index (κ1) is 14.0. The number of rotatable bonds is 3. The molecule has 0 aliphatic rings. The Morgan fingerprint density at radius 2 is 2.11 bits per heavy atom. The third kappa shape index (κ3) is 2.95. The molecule has 1 aromatic heterocycles. The number of benzene rings is 1. The number of anilines is 1. The highest BCUT2D eigenvalue weighted by Crippen LogP contribution is 2.22. The van der Waals surface area contributed by atoms with Gasteiger partial charge in [0.25, 0.3) is 10.0 Å². The minimum absolute atomic E-state index is 0.119. The van der Waals surface area contributed by atoms with Crippen molar-refractivity contribution in [2.24, 2.45) is 7.05 Å². The number of sulfonamides is 1. The first-order valence-corrected chi connectivity index (χ1v) is 7.55. The Hall–Kier alpha value is -1.41. The molecule has 0 bridgehead atoms. The molecule has 0 saturated carbocycles. The van der Waals surface area contributed by atoms with Gasteiger partial charge in [-0.2, -0.15) is 8.42 Å². The zero-order valence-electron chi connectivity index (χ0n) is 10.2. The molecule has 1 heterocycles. The topological polar surface area (TPSA) is 64.0 Å². The Labute approximate surface area is 118 Å². The molecule has 19 heavy (non-hydrogen) atoms. The molecule has 0 radical (unpaired) electrons. The fourth-order valence-corrected chi connectivity index (χ4v) is 2.87. The van der Waals surface area contributed by atoms with E-state index >= 15 is 0 Å². The van der Waals surface area contributed by atoms with E-state index in [0.29, 0.717) is 10.3 Å². The van der Waals surface area contributed by atoms with Crippen LogP contribution in [0, 0.1) is 12.7 Å². The average molecular weight is 348 g/mol. The third-order valence-electron chi connectivity index (χ3n) is 2.54. The van der Waals surface area contributed by atoms with Gasteiger partial charge >= 0.3 is 0 Å². The molecule has 102 valence electrons. The van der Waals surface area contributed by atoms with E-state index in [0.717, 1.165) is 0 Å². The number of aryl methyl sites for hydroxylation is 2. The van der Waals surface area contributed by atoms with Crippen LogP contribution in [0.15, 0.2) is 33.9 Å². The van der Waals surface area contributed by atoms with Crippen LogP contribution in [0.4, 0.5) is 10.1 Å². The number of nitrogens with zero attached hydrogens (tertiary/aromatic N) is 2. The van der Waals surface area contributed by atoms with Gasteiger partial charge in [0.2, 0.25) is 0 Å². The smallest absolute Gasteiger partial charge is 0.281 e. The lowest BCUT2D eigenvalue weighted by Gasteiger charge is -2.06. The number of halogens is 2. The molecular formula is C11H11BrFN3O2S. The summed E-state index contributed by atoms with van der Waals surface area (Å²) in [5, 5.41) is -0.144. The molecule has 0 fully saturated rings. The summed E-state index contributed by atoms with van der Waals surface area (Å²) in [5.41, 5.74) is -0.119. The van der Waals surface area contributed by atoms with Gasteiger partial charge in [-0.25, -0.2) is 9.37 Å². The molecule has 0 aliphatic heterocycles. The highest BCUT2D eigenvalue weighted by Gasteiger charge is 2.20. The van der Waals surface area contributed by atoms with Gasteiger partial charge in [-0.1, -0.05) is 15.9 Å². The van der Waals surface area contributed by atoms with E-state index in [2.05, 4.69) is 25.6 Å². The molecule has 8 heteroatoms. The van der Waals surface area contributed by atoms with Gasteiger partial charge in [-0.3, -0.25) is 4.72 Å². The van der Waals surface area contributed by atoms with Gasteiger partial charge in [0.1, 0.15) is 11.6 Å². The number of hydrogen-bond donors (Lipinski definition) is 1. The van der Waals surface area contributed by atoms with Gasteiger partial charge < -0.3 is 4.57 Å². The molecule has 2 rings (SSSR count). The fourth-order valence-electron chi connectivity index (χ4n) is 1.43. The lowest BCUT2D eigenvalue weighted by atomic mass is 10.3. The lowest BCUT2D eigenvalue weighted by Crippen LogP contribution is -2.14. The van der Waals surface area contributed by atoms with Crippen molar-refractivity contribution in [2.45, 2.75) is 11.9 Å². The summed E-state index contributed by atoms with van der Waals surface area (Å²) in [5.74, 6) is -0.109. The second kappa shape index (κ2) is 4.93. The van der Waals surface area contributed by atoms with Crippen molar-refractivity contribution in [3.63, 3.8) is 0 Å². The number of hydrogen-bond acceptors (Lipinski definition) is 3. The van der Waals surface area contributed by atoms with Crippen molar-refractivity contribution in [3.05, 3.63) is 40.5 Å². The van der Waals surface area contributed by atoms with Crippen LogP contribution in [0.1, 0.15) is 5.82 Å². The first-order valence-electron chi connectivity index (χ1n) is 5.27. The van der Waals surface area contributed by atoms with Gasteiger partial charge in [0, 0.05) is 17.7 Å². The van der Waals surface area contributed by atoms with Crippen LogP contribution < -0.4 is 4.72 Å². The average Bonchev–Trinajstić information content (AvgIpc) is 2.64. The molecule has 5 nitrogen and oxygen atoms in total. The lowest BCUT2D eigenvalue weighted by molar-refractivity contribution is 0.595. The van der Waals surface area contributed by atoms with Crippen molar-refractivity contribution >= 4 is 31.6 Å². The van der Waals surface area contributed by atoms with Gasteiger partial charge in [0.15, 0.2) is 5.03 Å². The summed E-state index contributed by atoms with van der Waals surface area (Å²) < 4.78 is 42.0. The monoisotopic (exact) mass is 347 g/mol. The maximum Gasteiger partial charge on any atom is 0.281 e. The highest BCUT2D eigenvalue weighted by atomic mass is 79.9. The van der Waals surface area contributed by atoms with E-state index in [1.807, 2.05) is 0 Å². The molecule has 1 N–H and O–H groups in total. The number of imidazole rings is 1. The summed E-state index contributed by atoms with van der Waals surface area (Å²) in [4.78, 5) is 3.91. The maximum atomic E-state index is 13.6. The fraction of sp³-hybridized carbons (Fsp3) is 0.182. The molecule has 2 aromatic rings. The van der Waals surface area contributed by atoms with Crippen LogP contribution in [0.3, 0.4) is 0 Å². The molecule has 0 atom stereocenters. The summed E-state index contributed by atoms with van der Waals surface area (Å²) in [7, 11) is -2.21.